The van der Waals surface area contributed by atoms with Gasteiger partial charge in [-0.25, -0.2) is 9.78 Å². The van der Waals surface area contributed by atoms with Crippen LogP contribution in [0.3, 0.4) is 0 Å². The van der Waals surface area contributed by atoms with E-state index in [9.17, 15) is 20.0 Å². The lowest BCUT2D eigenvalue weighted by Gasteiger charge is -2.06. The average Bonchev–Trinajstić information content (AvgIpc) is 3.40. The fourth-order valence-electron chi connectivity index (χ4n) is 3.79. The number of ether oxygens (including phenoxy) is 1. The first-order valence-corrected chi connectivity index (χ1v) is 12.8. The van der Waals surface area contributed by atoms with E-state index >= 15 is 0 Å². The Kier molecular flexibility index (Phi) is 7.41. The van der Waals surface area contributed by atoms with E-state index in [2.05, 4.69) is 18.9 Å². The van der Waals surface area contributed by atoms with E-state index < -0.39 is 10.9 Å². The van der Waals surface area contributed by atoms with Crippen LogP contribution in [0.1, 0.15) is 41.2 Å². The molecule has 0 amide bonds. The quantitative estimate of drug-likeness (QED) is 0.161. The smallest absolute Gasteiger partial charge is 0.355 e. The van der Waals surface area contributed by atoms with Crippen LogP contribution in [0.15, 0.2) is 52.7 Å². The molecule has 186 valence electrons. The van der Waals surface area contributed by atoms with E-state index in [0.29, 0.717) is 27.7 Å². The molecular formula is C25H24N4O5S2. The van der Waals surface area contributed by atoms with Crippen molar-refractivity contribution in [3.8, 4) is 22.1 Å². The molecule has 0 fully saturated rings. The number of thiazole rings is 1. The number of aryl methyl sites for hydroxylation is 1. The molecule has 2 heterocycles. The number of para-hydroxylation sites is 1. The van der Waals surface area contributed by atoms with Crippen LogP contribution in [0, 0.1) is 17.0 Å². The molecule has 0 bridgehead atoms. The fourth-order valence-corrected chi connectivity index (χ4v) is 6.27. The van der Waals surface area contributed by atoms with E-state index in [0.717, 1.165) is 15.5 Å². The summed E-state index contributed by atoms with van der Waals surface area (Å²) in [5.41, 5.74) is 2.75. The maximum Gasteiger partial charge on any atom is 0.355 e. The molecular weight excluding hydrogens is 500 g/mol. The van der Waals surface area contributed by atoms with Crippen molar-refractivity contribution in [2.24, 2.45) is 0 Å². The van der Waals surface area contributed by atoms with Crippen molar-refractivity contribution in [3.05, 3.63) is 81.2 Å². The van der Waals surface area contributed by atoms with Crippen molar-refractivity contribution in [2.75, 3.05) is 7.11 Å². The summed E-state index contributed by atoms with van der Waals surface area (Å²) in [4.78, 5) is 28.3. The van der Waals surface area contributed by atoms with Crippen molar-refractivity contribution in [1.29, 1.82) is 0 Å². The third kappa shape index (κ3) is 5.12. The lowest BCUT2D eigenvalue weighted by atomic mass is 10.0. The van der Waals surface area contributed by atoms with Gasteiger partial charge < -0.3 is 9.84 Å². The lowest BCUT2D eigenvalue weighted by molar-refractivity contribution is -0.385. The van der Waals surface area contributed by atoms with E-state index in [-0.39, 0.29) is 23.1 Å². The summed E-state index contributed by atoms with van der Waals surface area (Å²) in [6, 6.07) is 13.9. The van der Waals surface area contributed by atoms with Gasteiger partial charge in [0, 0.05) is 34.4 Å². The summed E-state index contributed by atoms with van der Waals surface area (Å²) in [6.45, 7) is 5.85. The van der Waals surface area contributed by atoms with Gasteiger partial charge in [-0.2, -0.15) is 9.78 Å². The van der Waals surface area contributed by atoms with Crippen molar-refractivity contribution in [1.82, 2.24) is 14.8 Å². The monoisotopic (exact) mass is 524 g/mol. The van der Waals surface area contributed by atoms with Gasteiger partial charge in [0.25, 0.3) is 5.69 Å². The Morgan fingerprint density at radius 3 is 2.67 bits per heavy atom. The molecule has 0 aliphatic carbocycles. The van der Waals surface area contributed by atoms with Crippen LogP contribution >= 0.6 is 23.1 Å². The number of thioether (sulfide) groups is 1. The van der Waals surface area contributed by atoms with E-state index in [1.807, 2.05) is 24.3 Å². The molecule has 4 rings (SSSR count). The van der Waals surface area contributed by atoms with Crippen molar-refractivity contribution in [2.45, 2.75) is 36.7 Å². The summed E-state index contributed by atoms with van der Waals surface area (Å²) < 4.78 is 7.63. The number of benzene rings is 2. The molecule has 2 aromatic heterocycles. The van der Waals surface area contributed by atoms with Crippen LogP contribution < -0.4 is 4.74 Å². The van der Waals surface area contributed by atoms with Gasteiger partial charge in [-0.3, -0.25) is 10.1 Å². The number of methoxy groups -OCH3 is 1. The van der Waals surface area contributed by atoms with Gasteiger partial charge in [0.2, 0.25) is 5.13 Å². The summed E-state index contributed by atoms with van der Waals surface area (Å²) in [5, 5.41) is 26.8. The second-order valence-corrected chi connectivity index (χ2v) is 11.0. The third-order valence-electron chi connectivity index (χ3n) is 5.39. The Balaban J connectivity index is 1.85. The molecule has 1 N–H and O–H groups in total. The minimum absolute atomic E-state index is 0.0577. The maximum absolute atomic E-state index is 12.4. The highest BCUT2D eigenvalue weighted by atomic mass is 32.2. The van der Waals surface area contributed by atoms with Gasteiger partial charge in [-0.1, -0.05) is 55.5 Å². The molecule has 0 radical (unpaired) electrons. The Labute approximate surface area is 215 Å². The van der Waals surface area contributed by atoms with Crippen LogP contribution in [0.4, 0.5) is 5.69 Å². The van der Waals surface area contributed by atoms with Crippen LogP contribution in [0.2, 0.25) is 0 Å². The molecule has 0 saturated carbocycles. The number of aromatic carboxylic acids is 1. The van der Waals surface area contributed by atoms with Crippen molar-refractivity contribution in [3.63, 3.8) is 0 Å². The van der Waals surface area contributed by atoms with Crippen molar-refractivity contribution >= 4 is 34.8 Å². The number of carboxylic acids is 1. The second kappa shape index (κ2) is 10.5. The predicted octanol–water partition coefficient (Wildman–Crippen LogP) is 6.01. The third-order valence-corrected chi connectivity index (χ3v) is 7.64. The number of rotatable bonds is 9. The summed E-state index contributed by atoms with van der Waals surface area (Å²) in [6.07, 6.45) is 0.0618. The van der Waals surface area contributed by atoms with Gasteiger partial charge in [0.1, 0.15) is 5.75 Å². The highest BCUT2D eigenvalue weighted by molar-refractivity contribution is 8.01. The summed E-state index contributed by atoms with van der Waals surface area (Å²) >= 11 is 2.99. The Bertz CT molecular complexity index is 1440. The van der Waals surface area contributed by atoms with Gasteiger partial charge in [-0.15, -0.1) is 11.8 Å². The number of hydrogen-bond donors (Lipinski definition) is 1. The van der Waals surface area contributed by atoms with E-state index in [4.69, 9.17) is 9.72 Å². The van der Waals surface area contributed by atoms with E-state index in [1.54, 1.807) is 44.0 Å². The SMILES string of the molecule is COc1cccc(-c2nc(-n3nc(C)c(Cc4ccccc4[N+](=O)[O-])c3C(=O)O)sc2SC(C)C)c1. The largest absolute Gasteiger partial charge is 0.497 e. The molecule has 9 nitrogen and oxygen atoms in total. The normalized spacial score (nSPS) is 11.1. The predicted molar refractivity (Wildman–Crippen MR) is 140 cm³/mol. The van der Waals surface area contributed by atoms with Crippen LogP contribution in [-0.2, 0) is 6.42 Å². The standard InChI is InChI=1S/C25H24N4O5S2/c1-14(2)35-24-21(17-9-7-10-18(12-17)34-4)26-25(36-24)28-22(23(30)31)19(15(3)27-28)13-16-8-5-6-11-20(16)29(32)33/h5-12,14H,13H2,1-4H3,(H,30,31). The molecule has 0 aliphatic heterocycles. The molecule has 0 spiro atoms. The summed E-state index contributed by atoms with van der Waals surface area (Å²) in [5.74, 6) is -0.490. The van der Waals surface area contributed by atoms with Crippen LogP contribution in [-0.4, -0.2) is 43.1 Å². The molecule has 4 aromatic rings. The number of aromatic nitrogens is 3. The van der Waals surface area contributed by atoms with E-state index in [1.165, 1.54) is 22.1 Å². The first-order chi connectivity index (χ1) is 17.2. The van der Waals surface area contributed by atoms with Gasteiger partial charge in [-0.05, 0) is 19.1 Å². The number of carbonyl (C=O) groups is 1. The van der Waals surface area contributed by atoms with Gasteiger partial charge in [0.15, 0.2) is 5.69 Å². The highest BCUT2D eigenvalue weighted by Crippen LogP contribution is 2.41. The number of nitro groups is 1. The first kappa shape index (κ1) is 25.4. The number of hydrogen-bond acceptors (Lipinski definition) is 8. The molecule has 0 unspecified atom stereocenters. The average molecular weight is 525 g/mol. The molecule has 2 aromatic carbocycles. The second-order valence-electron chi connectivity index (χ2n) is 8.22. The summed E-state index contributed by atoms with van der Waals surface area (Å²) in [7, 11) is 1.60. The molecule has 0 atom stereocenters. The van der Waals surface area contributed by atoms with Crippen molar-refractivity contribution < 1.29 is 19.6 Å². The van der Waals surface area contributed by atoms with Gasteiger partial charge >= 0.3 is 5.97 Å². The first-order valence-electron chi connectivity index (χ1n) is 11.1. The zero-order valence-corrected chi connectivity index (χ0v) is 21.7. The molecule has 0 aliphatic rings. The number of carboxylic acid groups (broad SMARTS) is 1. The molecule has 36 heavy (non-hydrogen) atoms. The molecule has 11 heteroatoms. The number of nitrogens with zero attached hydrogens (tertiary/aromatic N) is 4. The van der Waals surface area contributed by atoms with Crippen LogP contribution in [0.5, 0.6) is 5.75 Å². The zero-order chi connectivity index (χ0) is 26.0. The van der Waals surface area contributed by atoms with Gasteiger partial charge in [0.05, 0.1) is 27.6 Å². The maximum atomic E-state index is 12.4. The van der Waals surface area contributed by atoms with Crippen LogP contribution in [0.25, 0.3) is 16.4 Å². The minimum Gasteiger partial charge on any atom is -0.497 e. The highest BCUT2D eigenvalue weighted by Gasteiger charge is 2.27. The Morgan fingerprint density at radius 1 is 1.25 bits per heavy atom. The minimum atomic E-state index is -1.18. The topological polar surface area (TPSA) is 120 Å². The Morgan fingerprint density at radius 2 is 2.00 bits per heavy atom. The number of nitro benzene ring substituents is 1. The fraction of sp³-hybridized carbons (Fsp3) is 0.240. The lowest BCUT2D eigenvalue weighted by Crippen LogP contribution is -2.10. The molecule has 0 saturated heterocycles. The Hall–Kier alpha value is -3.70. The zero-order valence-electron chi connectivity index (χ0n) is 20.1.